The molecule has 5 nitrogen and oxygen atoms in total. The fourth-order valence-electron chi connectivity index (χ4n) is 1.76. The Morgan fingerprint density at radius 2 is 2.11 bits per heavy atom. The molecule has 0 fully saturated rings. The van der Waals surface area contributed by atoms with Crippen LogP contribution >= 0.6 is 0 Å². The maximum atomic E-state index is 12.0. The van der Waals surface area contributed by atoms with Crippen molar-refractivity contribution in [2.24, 2.45) is 0 Å². The number of carbonyl (C=O) groups is 1. The molecule has 2 aromatic rings. The lowest BCUT2D eigenvalue weighted by Gasteiger charge is -1.99. The molecule has 0 saturated heterocycles. The second-order valence-electron chi connectivity index (χ2n) is 3.89. The van der Waals surface area contributed by atoms with Gasteiger partial charge in [-0.25, -0.2) is 0 Å². The topological polar surface area (TPSA) is 57.0 Å². The van der Waals surface area contributed by atoms with E-state index in [0.717, 1.165) is 12.1 Å². The molecule has 0 amide bonds. The lowest BCUT2D eigenvalue weighted by molar-refractivity contribution is 0.0937. The predicted molar refractivity (Wildman–Crippen MR) is 64.3 cm³/mol. The highest BCUT2D eigenvalue weighted by molar-refractivity contribution is 6.05. The van der Waals surface area contributed by atoms with Crippen molar-refractivity contribution in [3.63, 3.8) is 0 Å². The normalized spacial score (nSPS) is 14.1. The second-order valence-corrected chi connectivity index (χ2v) is 3.89. The Bertz CT molecular complexity index is 602. The number of rotatable bonds is 3. The van der Waals surface area contributed by atoms with Crippen LogP contribution in [0.4, 0.5) is 0 Å². The SMILES string of the molecule is O=C(C1=CCCO1)c1cnn(-c2ccccc2)n1. The van der Waals surface area contributed by atoms with Gasteiger partial charge in [-0.15, -0.1) is 5.10 Å². The van der Waals surface area contributed by atoms with E-state index in [4.69, 9.17) is 4.74 Å². The van der Waals surface area contributed by atoms with Crippen molar-refractivity contribution in [1.29, 1.82) is 0 Å². The van der Waals surface area contributed by atoms with E-state index in [9.17, 15) is 4.79 Å². The van der Waals surface area contributed by atoms with Crippen LogP contribution in [0.5, 0.6) is 0 Å². The van der Waals surface area contributed by atoms with Crippen molar-refractivity contribution >= 4 is 5.78 Å². The van der Waals surface area contributed by atoms with Crippen molar-refractivity contribution in [3.05, 3.63) is 54.1 Å². The molecule has 3 rings (SSSR count). The van der Waals surface area contributed by atoms with Crippen LogP contribution in [-0.4, -0.2) is 27.4 Å². The molecule has 0 aliphatic carbocycles. The number of Topliss-reactive ketones (excluding diaryl/α,β-unsaturated/α-hetero) is 1. The molecule has 0 radical (unpaired) electrons. The van der Waals surface area contributed by atoms with Crippen molar-refractivity contribution < 1.29 is 9.53 Å². The van der Waals surface area contributed by atoms with E-state index in [-0.39, 0.29) is 5.78 Å². The van der Waals surface area contributed by atoms with Gasteiger partial charge in [0.05, 0.1) is 18.5 Å². The Kier molecular flexibility index (Phi) is 2.64. The molecule has 2 heterocycles. The van der Waals surface area contributed by atoms with Gasteiger partial charge < -0.3 is 4.74 Å². The Balaban J connectivity index is 1.88. The lowest BCUT2D eigenvalue weighted by Crippen LogP contribution is -2.06. The fraction of sp³-hybridized carbons (Fsp3) is 0.154. The number of nitrogens with zero attached hydrogens (tertiary/aromatic N) is 3. The Morgan fingerprint density at radius 3 is 2.83 bits per heavy atom. The summed E-state index contributed by atoms with van der Waals surface area (Å²) in [5.41, 5.74) is 1.12. The van der Waals surface area contributed by atoms with Gasteiger partial charge in [0, 0.05) is 6.42 Å². The first kappa shape index (κ1) is 10.7. The summed E-state index contributed by atoms with van der Waals surface area (Å²) in [6.45, 7) is 0.563. The maximum absolute atomic E-state index is 12.0. The molecular weight excluding hydrogens is 230 g/mol. The highest BCUT2D eigenvalue weighted by atomic mass is 16.5. The summed E-state index contributed by atoms with van der Waals surface area (Å²) in [6.07, 6.45) is 4.01. The smallest absolute Gasteiger partial charge is 0.249 e. The van der Waals surface area contributed by atoms with Crippen molar-refractivity contribution in [2.75, 3.05) is 6.61 Å². The van der Waals surface area contributed by atoms with Crippen molar-refractivity contribution in [3.8, 4) is 5.69 Å². The van der Waals surface area contributed by atoms with Crippen LogP contribution in [0, 0.1) is 0 Å². The molecule has 0 N–H and O–H groups in total. The Morgan fingerprint density at radius 1 is 1.28 bits per heavy atom. The monoisotopic (exact) mass is 241 g/mol. The fourth-order valence-corrected chi connectivity index (χ4v) is 1.76. The molecule has 1 aromatic carbocycles. The van der Waals surface area contributed by atoms with E-state index >= 15 is 0 Å². The Hall–Kier alpha value is -2.43. The minimum absolute atomic E-state index is 0.213. The van der Waals surface area contributed by atoms with Gasteiger partial charge in [0.2, 0.25) is 5.78 Å². The van der Waals surface area contributed by atoms with Gasteiger partial charge in [-0.1, -0.05) is 18.2 Å². The third-order valence-electron chi connectivity index (χ3n) is 2.64. The lowest BCUT2D eigenvalue weighted by atomic mass is 10.2. The van der Waals surface area contributed by atoms with Crippen LogP contribution in [0.3, 0.4) is 0 Å². The number of para-hydroxylation sites is 1. The van der Waals surface area contributed by atoms with Gasteiger partial charge in [0.15, 0.2) is 11.5 Å². The predicted octanol–water partition coefficient (Wildman–Crippen LogP) is 1.75. The molecule has 90 valence electrons. The molecule has 0 unspecified atom stereocenters. The molecule has 1 aliphatic heterocycles. The minimum atomic E-state index is -0.213. The van der Waals surface area contributed by atoms with Crippen molar-refractivity contribution in [2.45, 2.75) is 6.42 Å². The molecule has 0 spiro atoms. The number of benzene rings is 1. The second kappa shape index (κ2) is 4.44. The largest absolute Gasteiger partial charge is 0.489 e. The molecule has 5 heteroatoms. The number of ketones is 1. The average Bonchev–Trinajstić information content (AvgIpc) is 3.10. The van der Waals surface area contributed by atoms with E-state index in [1.807, 2.05) is 30.3 Å². The first-order valence-corrected chi connectivity index (χ1v) is 5.70. The van der Waals surface area contributed by atoms with Crippen LogP contribution in [0.15, 0.2) is 48.4 Å². The summed E-state index contributed by atoms with van der Waals surface area (Å²) in [5.74, 6) is 0.157. The molecule has 18 heavy (non-hydrogen) atoms. The standard InChI is InChI=1S/C13H11N3O2/c17-13(12-7-4-8-18-12)11-9-14-16(15-11)10-5-2-1-3-6-10/h1-3,5-7,9H,4,8H2. The highest BCUT2D eigenvalue weighted by Gasteiger charge is 2.20. The minimum Gasteiger partial charge on any atom is -0.489 e. The summed E-state index contributed by atoms with van der Waals surface area (Å²) in [4.78, 5) is 13.4. The van der Waals surface area contributed by atoms with Crippen molar-refractivity contribution in [1.82, 2.24) is 15.0 Å². The van der Waals surface area contributed by atoms with E-state index in [0.29, 0.717) is 18.1 Å². The summed E-state index contributed by atoms with van der Waals surface area (Å²) in [7, 11) is 0. The highest BCUT2D eigenvalue weighted by Crippen LogP contribution is 2.14. The summed E-state index contributed by atoms with van der Waals surface area (Å²) >= 11 is 0. The number of carbonyl (C=O) groups excluding carboxylic acids is 1. The zero-order valence-corrected chi connectivity index (χ0v) is 9.61. The number of ether oxygens (including phenoxy) is 1. The number of hydrogen-bond acceptors (Lipinski definition) is 4. The number of allylic oxidation sites excluding steroid dienone is 1. The molecule has 1 aliphatic rings. The van der Waals surface area contributed by atoms with Gasteiger partial charge in [-0.2, -0.15) is 9.90 Å². The van der Waals surface area contributed by atoms with Crippen LogP contribution in [0.2, 0.25) is 0 Å². The molecule has 0 saturated carbocycles. The van der Waals surface area contributed by atoms with Crippen LogP contribution in [0.1, 0.15) is 16.9 Å². The quantitative estimate of drug-likeness (QED) is 0.768. The molecule has 1 aromatic heterocycles. The zero-order chi connectivity index (χ0) is 12.4. The maximum Gasteiger partial charge on any atom is 0.249 e. The zero-order valence-electron chi connectivity index (χ0n) is 9.61. The number of hydrogen-bond donors (Lipinski definition) is 0. The van der Waals surface area contributed by atoms with E-state index < -0.39 is 0 Å². The van der Waals surface area contributed by atoms with Crippen LogP contribution < -0.4 is 0 Å². The third-order valence-corrected chi connectivity index (χ3v) is 2.64. The molecular formula is C13H11N3O2. The van der Waals surface area contributed by atoms with Crippen LogP contribution in [-0.2, 0) is 4.74 Å². The first-order chi connectivity index (χ1) is 8.84. The number of aromatic nitrogens is 3. The van der Waals surface area contributed by atoms with E-state index in [2.05, 4.69) is 10.2 Å². The third kappa shape index (κ3) is 1.90. The van der Waals surface area contributed by atoms with Gasteiger partial charge in [-0.3, -0.25) is 4.79 Å². The van der Waals surface area contributed by atoms with E-state index in [1.54, 1.807) is 6.08 Å². The van der Waals surface area contributed by atoms with E-state index in [1.165, 1.54) is 11.0 Å². The summed E-state index contributed by atoms with van der Waals surface area (Å²) in [5, 5.41) is 8.24. The molecule has 0 bridgehead atoms. The van der Waals surface area contributed by atoms with Crippen LogP contribution in [0.25, 0.3) is 5.69 Å². The average molecular weight is 241 g/mol. The van der Waals surface area contributed by atoms with Gasteiger partial charge in [0.1, 0.15) is 0 Å². The Labute approximate surface area is 104 Å². The van der Waals surface area contributed by atoms with Gasteiger partial charge >= 0.3 is 0 Å². The first-order valence-electron chi connectivity index (χ1n) is 5.70. The van der Waals surface area contributed by atoms with Gasteiger partial charge in [0.25, 0.3) is 0 Å². The summed E-state index contributed by atoms with van der Waals surface area (Å²) in [6, 6.07) is 9.45. The summed E-state index contributed by atoms with van der Waals surface area (Å²) < 4.78 is 5.22. The van der Waals surface area contributed by atoms with Gasteiger partial charge in [-0.05, 0) is 18.2 Å². The molecule has 0 atom stereocenters.